The summed E-state index contributed by atoms with van der Waals surface area (Å²) in [5.74, 6) is 0.0409. The van der Waals surface area contributed by atoms with Crippen molar-refractivity contribution in [3.8, 4) is 0 Å². The Morgan fingerprint density at radius 2 is 2.11 bits per heavy atom. The van der Waals surface area contributed by atoms with Crippen LogP contribution in [-0.2, 0) is 0 Å². The van der Waals surface area contributed by atoms with Crippen molar-refractivity contribution in [3.05, 3.63) is 33.8 Å². The van der Waals surface area contributed by atoms with Crippen molar-refractivity contribution in [2.45, 2.75) is 37.4 Å². The highest BCUT2D eigenvalue weighted by molar-refractivity contribution is 9.10. The molecule has 1 N–H and O–H groups in total. The van der Waals surface area contributed by atoms with Gasteiger partial charge in [0.1, 0.15) is 0 Å². The second-order valence-corrected chi connectivity index (χ2v) is 7.32. The Labute approximate surface area is 127 Å². The summed E-state index contributed by atoms with van der Waals surface area (Å²) in [6.45, 7) is 2.75. The van der Waals surface area contributed by atoms with E-state index in [9.17, 15) is 4.79 Å². The van der Waals surface area contributed by atoms with Gasteiger partial charge in [0.15, 0.2) is 0 Å². The van der Waals surface area contributed by atoms with E-state index in [1.165, 1.54) is 25.7 Å². The number of carbonyl (C=O) groups excluding carboxylic acids is 1. The van der Waals surface area contributed by atoms with Gasteiger partial charge < -0.3 is 5.32 Å². The van der Waals surface area contributed by atoms with Gasteiger partial charge in [-0.3, -0.25) is 4.79 Å². The summed E-state index contributed by atoms with van der Waals surface area (Å²) in [7, 11) is 0. The van der Waals surface area contributed by atoms with Gasteiger partial charge in [0.2, 0.25) is 0 Å². The number of carbonyl (C=O) groups is 1. The van der Waals surface area contributed by atoms with Crippen LogP contribution in [0.1, 0.15) is 41.6 Å². The lowest BCUT2D eigenvalue weighted by molar-refractivity contribution is 0.0949. The minimum absolute atomic E-state index is 0.0409. The van der Waals surface area contributed by atoms with Crippen LogP contribution in [0.25, 0.3) is 0 Å². The van der Waals surface area contributed by atoms with Gasteiger partial charge in [-0.2, -0.15) is 11.8 Å². The SMILES string of the molecule is CSC1(CNC(=O)c2cccc(Br)c2C)CCCC1. The van der Waals surface area contributed by atoms with E-state index in [1.807, 2.05) is 36.9 Å². The molecular weight excluding hydrogens is 322 g/mol. The molecule has 0 saturated heterocycles. The normalized spacial score (nSPS) is 17.4. The van der Waals surface area contributed by atoms with Crippen LogP contribution in [0.2, 0.25) is 0 Å². The molecule has 0 aromatic heterocycles. The third kappa shape index (κ3) is 3.34. The molecule has 1 aliphatic rings. The lowest BCUT2D eigenvalue weighted by Crippen LogP contribution is -2.38. The highest BCUT2D eigenvalue weighted by Gasteiger charge is 2.33. The number of nitrogens with one attached hydrogen (secondary N) is 1. The number of thioether (sulfide) groups is 1. The predicted octanol–water partition coefficient (Wildman–Crippen LogP) is 4.16. The average Bonchev–Trinajstić information content (AvgIpc) is 2.89. The maximum atomic E-state index is 12.3. The molecule has 1 aliphatic carbocycles. The predicted molar refractivity (Wildman–Crippen MR) is 85.9 cm³/mol. The van der Waals surface area contributed by atoms with Crippen LogP contribution < -0.4 is 5.32 Å². The number of hydrogen-bond acceptors (Lipinski definition) is 2. The molecule has 19 heavy (non-hydrogen) atoms. The fourth-order valence-electron chi connectivity index (χ4n) is 2.66. The third-order valence-electron chi connectivity index (χ3n) is 4.03. The maximum Gasteiger partial charge on any atom is 0.251 e. The Morgan fingerprint density at radius 3 is 2.74 bits per heavy atom. The summed E-state index contributed by atoms with van der Waals surface area (Å²) in [6.07, 6.45) is 7.15. The van der Waals surface area contributed by atoms with E-state index >= 15 is 0 Å². The van der Waals surface area contributed by atoms with E-state index in [4.69, 9.17) is 0 Å². The molecule has 0 atom stereocenters. The summed E-state index contributed by atoms with van der Waals surface area (Å²) < 4.78 is 1.25. The largest absolute Gasteiger partial charge is 0.351 e. The summed E-state index contributed by atoms with van der Waals surface area (Å²) >= 11 is 5.37. The van der Waals surface area contributed by atoms with Gasteiger partial charge in [-0.1, -0.05) is 34.8 Å². The van der Waals surface area contributed by atoms with Crippen molar-refractivity contribution < 1.29 is 4.79 Å². The van der Waals surface area contributed by atoms with Crippen LogP contribution in [0, 0.1) is 6.92 Å². The van der Waals surface area contributed by atoms with Crippen LogP contribution in [0.15, 0.2) is 22.7 Å². The molecule has 104 valence electrons. The monoisotopic (exact) mass is 341 g/mol. The third-order valence-corrected chi connectivity index (χ3v) is 6.31. The van der Waals surface area contributed by atoms with E-state index in [0.717, 1.165) is 22.1 Å². The van der Waals surface area contributed by atoms with Crippen molar-refractivity contribution in [3.63, 3.8) is 0 Å². The zero-order valence-electron chi connectivity index (χ0n) is 11.5. The first-order valence-electron chi connectivity index (χ1n) is 6.66. The van der Waals surface area contributed by atoms with Gasteiger partial charge in [-0.15, -0.1) is 0 Å². The molecule has 1 fully saturated rings. The summed E-state index contributed by atoms with van der Waals surface area (Å²) in [4.78, 5) is 12.3. The molecule has 0 radical (unpaired) electrons. The summed E-state index contributed by atoms with van der Waals surface area (Å²) in [5, 5.41) is 3.12. The van der Waals surface area contributed by atoms with E-state index < -0.39 is 0 Å². The quantitative estimate of drug-likeness (QED) is 0.890. The molecule has 2 rings (SSSR count). The van der Waals surface area contributed by atoms with Crippen LogP contribution in [-0.4, -0.2) is 23.5 Å². The van der Waals surface area contributed by atoms with E-state index in [2.05, 4.69) is 27.5 Å². The highest BCUT2D eigenvalue weighted by Crippen LogP contribution is 2.39. The Morgan fingerprint density at radius 1 is 1.42 bits per heavy atom. The number of hydrogen-bond donors (Lipinski definition) is 1. The Bertz CT molecular complexity index is 469. The van der Waals surface area contributed by atoms with Crippen LogP contribution in [0.3, 0.4) is 0 Å². The minimum atomic E-state index is 0.0409. The number of halogens is 1. The molecule has 1 amide bonds. The minimum Gasteiger partial charge on any atom is -0.351 e. The Balaban J connectivity index is 2.03. The number of benzene rings is 1. The molecule has 4 heteroatoms. The maximum absolute atomic E-state index is 12.3. The number of rotatable bonds is 4. The molecule has 1 saturated carbocycles. The number of amides is 1. The fourth-order valence-corrected chi connectivity index (χ4v) is 3.94. The zero-order chi connectivity index (χ0) is 13.9. The summed E-state index contributed by atoms with van der Waals surface area (Å²) in [6, 6.07) is 5.76. The van der Waals surface area contributed by atoms with Gasteiger partial charge in [0.05, 0.1) is 0 Å². The van der Waals surface area contributed by atoms with Gasteiger partial charge in [-0.05, 0) is 43.7 Å². The van der Waals surface area contributed by atoms with Crippen molar-refractivity contribution in [2.24, 2.45) is 0 Å². The Hall–Kier alpha value is -0.480. The van der Waals surface area contributed by atoms with Gasteiger partial charge >= 0.3 is 0 Å². The highest BCUT2D eigenvalue weighted by atomic mass is 79.9. The summed E-state index contributed by atoms with van der Waals surface area (Å²) in [5.41, 5.74) is 1.77. The first-order chi connectivity index (χ1) is 9.08. The van der Waals surface area contributed by atoms with Gasteiger partial charge in [-0.25, -0.2) is 0 Å². The molecule has 1 aromatic carbocycles. The molecule has 2 nitrogen and oxygen atoms in total. The lowest BCUT2D eigenvalue weighted by atomic mass is 10.1. The van der Waals surface area contributed by atoms with Gasteiger partial charge in [0.25, 0.3) is 5.91 Å². The van der Waals surface area contributed by atoms with E-state index in [-0.39, 0.29) is 10.7 Å². The second-order valence-electron chi connectivity index (χ2n) is 5.19. The van der Waals surface area contributed by atoms with E-state index in [1.54, 1.807) is 0 Å². The standard InChI is InChI=1S/C15H20BrNOS/c1-11-12(6-5-7-13(11)16)14(18)17-10-15(19-2)8-3-4-9-15/h5-7H,3-4,8-10H2,1-2H3,(H,17,18). The molecule has 0 aliphatic heterocycles. The average molecular weight is 342 g/mol. The lowest BCUT2D eigenvalue weighted by Gasteiger charge is -2.27. The molecule has 0 spiro atoms. The first kappa shape index (κ1) is 14.9. The van der Waals surface area contributed by atoms with Crippen LogP contribution in [0.4, 0.5) is 0 Å². The van der Waals surface area contributed by atoms with Crippen molar-refractivity contribution in [2.75, 3.05) is 12.8 Å². The molecule has 0 bridgehead atoms. The van der Waals surface area contributed by atoms with Crippen LogP contribution in [0.5, 0.6) is 0 Å². The second kappa shape index (κ2) is 6.31. The van der Waals surface area contributed by atoms with Crippen molar-refractivity contribution in [1.29, 1.82) is 0 Å². The van der Waals surface area contributed by atoms with Crippen molar-refractivity contribution >= 4 is 33.6 Å². The molecular formula is C15H20BrNOS. The smallest absolute Gasteiger partial charge is 0.251 e. The first-order valence-corrected chi connectivity index (χ1v) is 8.68. The van der Waals surface area contributed by atoms with E-state index in [0.29, 0.717) is 0 Å². The van der Waals surface area contributed by atoms with Crippen LogP contribution >= 0.6 is 27.7 Å². The zero-order valence-corrected chi connectivity index (χ0v) is 13.9. The van der Waals surface area contributed by atoms with Crippen molar-refractivity contribution in [1.82, 2.24) is 5.32 Å². The Kier molecular flexibility index (Phi) is 4.96. The fraction of sp³-hybridized carbons (Fsp3) is 0.533. The molecule has 0 heterocycles. The van der Waals surface area contributed by atoms with Gasteiger partial charge in [0, 0.05) is 21.3 Å². The molecule has 0 unspecified atom stereocenters. The topological polar surface area (TPSA) is 29.1 Å². The molecule has 1 aromatic rings.